The van der Waals surface area contributed by atoms with Gasteiger partial charge in [0.1, 0.15) is 0 Å². The Balaban J connectivity index is 4.52. The Hall–Kier alpha value is -0.570. The molecule has 0 aliphatic carbocycles. The Labute approximate surface area is 80.5 Å². The monoisotopic (exact) mass is 204 g/mol. The highest BCUT2D eigenvalue weighted by atomic mass is 32.2. The van der Waals surface area contributed by atoms with Gasteiger partial charge in [0.05, 0.1) is 6.04 Å². The summed E-state index contributed by atoms with van der Waals surface area (Å²) in [6, 6.07) is -0.561. The molecule has 0 aliphatic heterocycles. The van der Waals surface area contributed by atoms with Crippen LogP contribution in [-0.4, -0.2) is 31.9 Å². The highest BCUT2D eigenvalue weighted by Gasteiger charge is 2.21. The first kappa shape index (κ1) is 12.4. The van der Waals surface area contributed by atoms with Gasteiger partial charge in [-0.15, -0.1) is 6.42 Å². The second kappa shape index (κ2) is 4.61. The van der Waals surface area contributed by atoms with Crippen molar-refractivity contribution in [2.75, 3.05) is 7.05 Å². The van der Waals surface area contributed by atoms with Crippen LogP contribution in [0.15, 0.2) is 0 Å². The number of hydrogen-bond acceptors (Lipinski definition) is 2. The largest absolute Gasteiger partial charge is 0.280 e. The lowest BCUT2D eigenvalue weighted by Gasteiger charge is -2.22. The second-order valence-electron chi connectivity index (χ2n) is 3.12. The van der Waals surface area contributed by atoms with Crippen molar-refractivity contribution in [1.29, 1.82) is 0 Å². The Morgan fingerprint density at radius 2 is 1.85 bits per heavy atom. The van der Waals surface area contributed by atoms with E-state index in [0.717, 1.165) is 0 Å². The molecule has 0 fully saturated rings. The molecule has 1 atom stereocenters. The van der Waals surface area contributed by atoms with Crippen molar-refractivity contribution >= 4 is 10.2 Å². The van der Waals surface area contributed by atoms with Crippen molar-refractivity contribution in [3.05, 3.63) is 0 Å². The molecule has 0 saturated heterocycles. The molecule has 0 aromatic rings. The van der Waals surface area contributed by atoms with Crippen LogP contribution >= 0.6 is 0 Å². The number of hydrogen-bond donors (Lipinski definition) is 1. The van der Waals surface area contributed by atoms with Crippen LogP contribution in [0.4, 0.5) is 0 Å². The summed E-state index contributed by atoms with van der Waals surface area (Å²) < 4.78 is 26.5. The molecule has 1 unspecified atom stereocenters. The van der Waals surface area contributed by atoms with E-state index < -0.39 is 16.3 Å². The van der Waals surface area contributed by atoms with E-state index in [0.29, 0.717) is 0 Å². The maximum Gasteiger partial charge on any atom is 0.280 e. The highest BCUT2D eigenvalue weighted by molar-refractivity contribution is 7.87. The number of nitrogens with one attached hydrogen (secondary N) is 1. The fourth-order valence-corrected chi connectivity index (χ4v) is 1.85. The molecule has 4 nitrogen and oxygen atoms in total. The van der Waals surface area contributed by atoms with E-state index in [2.05, 4.69) is 10.6 Å². The third-order valence-corrected chi connectivity index (χ3v) is 3.51. The molecule has 0 spiro atoms. The molecular weight excluding hydrogens is 188 g/mol. The number of terminal acetylenes is 1. The highest BCUT2D eigenvalue weighted by Crippen LogP contribution is 2.01. The first-order chi connectivity index (χ1) is 5.81. The van der Waals surface area contributed by atoms with Crippen molar-refractivity contribution in [3.8, 4) is 12.3 Å². The molecule has 13 heavy (non-hydrogen) atoms. The van der Waals surface area contributed by atoms with Crippen LogP contribution in [-0.2, 0) is 10.2 Å². The zero-order chi connectivity index (χ0) is 10.6. The minimum atomic E-state index is -3.43. The van der Waals surface area contributed by atoms with Gasteiger partial charge in [0.25, 0.3) is 10.2 Å². The van der Waals surface area contributed by atoms with Gasteiger partial charge in [0.2, 0.25) is 0 Å². The lowest BCUT2D eigenvalue weighted by Crippen LogP contribution is -2.44. The molecule has 0 bridgehead atoms. The van der Waals surface area contributed by atoms with E-state index >= 15 is 0 Å². The SMILES string of the molecule is C#CC(C)NS(=O)(=O)N(C)C(C)C. The van der Waals surface area contributed by atoms with Gasteiger partial charge in [0.15, 0.2) is 0 Å². The fraction of sp³-hybridized carbons (Fsp3) is 0.750. The van der Waals surface area contributed by atoms with Gasteiger partial charge < -0.3 is 0 Å². The predicted octanol–water partition coefficient (Wildman–Crippen LogP) is 0.183. The molecule has 0 aromatic carbocycles. The van der Waals surface area contributed by atoms with Gasteiger partial charge in [-0.2, -0.15) is 17.4 Å². The Morgan fingerprint density at radius 3 is 2.15 bits per heavy atom. The number of rotatable bonds is 4. The molecule has 0 amide bonds. The average molecular weight is 204 g/mol. The van der Waals surface area contributed by atoms with Crippen LogP contribution in [0.2, 0.25) is 0 Å². The minimum absolute atomic E-state index is 0.0810. The van der Waals surface area contributed by atoms with Gasteiger partial charge in [0, 0.05) is 13.1 Å². The van der Waals surface area contributed by atoms with E-state index in [1.165, 1.54) is 11.4 Å². The topological polar surface area (TPSA) is 49.4 Å². The molecule has 0 aromatic heterocycles. The van der Waals surface area contributed by atoms with Gasteiger partial charge in [-0.3, -0.25) is 0 Å². The summed E-state index contributed by atoms with van der Waals surface area (Å²) in [5, 5.41) is 0. The molecule has 0 rings (SSSR count). The Kier molecular flexibility index (Phi) is 4.40. The lowest BCUT2D eigenvalue weighted by molar-refractivity contribution is 0.401. The molecule has 5 heteroatoms. The average Bonchev–Trinajstić information content (AvgIpc) is 2.01. The van der Waals surface area contributed by atoms with Gasteiger partial charge in [-0.1, -0.05) is 5.92 Å². The maximum absolute atomic E-state index is 11.5. The second-order valence-corrected chi connectivity index (χ2v) is 4.88. The molecule has 0 radical (unpaired) electrons. The first-order valence-electron chi connectivity index (χ1n) is 4.02. The minimum Gasteiger partial charge on any atom is -0.195 e. The lowest BCUT2D eigenvalue weighted by atomic mass is 10.4. The van der Waals surface area contributed by atoms with Crippen LogP contribution in [0, 0.1) is 12.3 Å². The normalized spacial score (nSPS) is 14.5. The molecule has 0 aliphatic rings. The summed E-state index contributed by atoms with van der Waals surface area (Å²) in [5.41, 5.74) is 0. The summed E-state index contributed by atoms with van der Waals surface area (Å²) in [4.78, 5) is 0. The summed E-state index contributed by atoms with van der Waals surface area (Å²) in [7, 11) is -1.92. The van der Waals surface area contributed by atoms with E-state index in [-0.39, 0.29) is 6.04 Å². The molecule has 0 heterocycles. The van der Waals surface area contributed by atoms with E-state index in [1.54, 1.807) is 20.8 Å². The van der Waals surface area contributed by atoms with Crippen LogP contribution < -0.4 is 4.72 Å². The molecule has 1 N–H and O–H groups in total. The zero-order valence-electron chi connectivity index (χ0n) is 8.40. The number of nitrogens with zero attached hydrogens (tertiary/aromatic N) is 1. The van der Waals surface area contributed by atoms with E-state index in [9.17, 15) is 8.42 Å². The Morgan fingerprint density at radius 1 is 1.38 bits per heavy atom. The third kappa shape index (κ3) is 3.77. The summed E-state index contributed by atoms with van der Waals surface area (Å²) in [6.45, 7) is 5.20. The van der Waals surface area contributed by atoms with Crippen molar-refractivity contribution in [3.63, 3.8) is 0 Å². The fourth-order valence-electron chi connectivity index (χ4n) is 0.618. The zero-order valence-corrected chi connectivity index (χ0v) is 9.22. The van der Waals surface area contributed by atoms with E-state index in [4.69, 9.17) is 6.42 Å². The summed E-state index contributed by atoms with van der Waals surface area (Å²) in [6.07, 6.45) is 5.06. The van der Waals surface area contributed by atoms with Crippen molar-refractivity contribution in [1.82, 2.24) is 9.03 Å². The van der Waals surface area contributed by atoms with Gasteiger partial charge >= 0.3 is 0 Å². The standard InChI is InChI=1S/C8H16N2O2S/c1-6-8(4)9-13(11,12)10(5)7(2)3/h1,7-9H,2-5H3. The third-order valence-electron chi connectivity index (χ3n) is 1.68. The quantitative estimate of drug-likeness (QED) is 0.664. The maximum atomic E-state index is 11.5. The summed E-state index contributed by atoms with van der Waals surface area (Å²) in [5.74, 6) is 2.30. The van der Waals surface area contributed by atoms with Gasteiger partial charge in [-0.25, -0.2) is 0 Å². The molecular formula is C8H16N2O2S. The van der Waals surface area contributed by atoms with Crippen molar-refractivity contribution in [2.45, 2.75) is 32.9 Å². The predicted molar refractivity (Wildman–Crippen MR) is 53.2 cm³/mol. The molecule has 0 saturated carbocycles. The Bertz CT molecular complexity index is 290. The summed E-state index contributed by atoms with van der Waals surface area (Å²) >= 11 is 0. The van der Waals surface area contributed by atoms with Crippen LogP contribution in [0.5, 0.6) is 0 Å². The smallest absolute Gasteiger partial charge is 0.195 e. The van der Waals surface area contributed by atoms with Crippen molar-refractivity contribution in [2.24, 2.45) is 0 Å². The van der Waals surface area contributed by atoms with E-state index in [1.807, 2.05) is 0 Å². The van der Waals surface area contributed by atoms with Gasteiger partial charge in [-0.05, 0) is 20.8 Å². The molecule has 76 valence electrons. The first-order valence-corrected chi connectivity index (χ1v) is 5.46. The van der Waals surface area contributed by atoms with Crippen LogP contribution in [0.1, 0.15) is 20.8 Å². The van der Waals surface area contributed by atoms with Crippen LogP contribution in [0.25, 0.3) is 0 Å². The van der Waals surface area contributed by atoms with Crippen LogP contribution in [0.3, 0.4) is 0 Å². The van der Waals surface area contributed by atoms with Crippen molar-refractivity contribution < 1.29 is 8.42 Å².